The van der Waals surface area contributed by atoms with Crippen molar-refractivity contribution < 1.29 is 4.79 Å². The molecule has 6 nitrogen and oxygen atoms in total. The zero-order valence-corrected chi connectivity index (χ0v) is 11.6. The van der Waals surface area contributed by atoms with Gasteiger partial charge in [-0.15, -0.1) is 0 Å². The van der Waals surface area contributed by atoms with E-state index in [4.69, 9.17) is 0 Å². The van der Waals surface area contributed by atoms with E-state index in [1.165, 1.54) is 0 Å². The maximum atomic E-state index is 12.2. The van der Waals surface area contributed by atoms with Gasteiger partial charge in [0.1, 0.15) is 0 Å². The second kappa shape index (κ2) is 5.48. The average Bonchev–Trinajstić information content (AvgIpc) is 3.16. The zero-order valence-electron chi connectivity index (χ0n) is 11.6. The van der Waals surface area contributed by atoms with Crippen LogP contribution in [0.3, 0.4) is 0 Å². The molecule has 20 heavy (non-hydrogen) atoms. The third-order valence-electron chi connectivity index (χ3n) is 3.83. The quantitative estimate of drug-likeness (QED) is 0.913. The van der Waals surface area contributed by atoms with E-state index in [9.17, 15) is 4.79 Å². The van der Waals surface area contributed by atoms with Crippen molar-refractivity contribution in [1.29, 1.82) is 0 Å². The van der Waals surface area contributed by atoms with Crippen LogP contribution in [0.1, 0.15) is 30.1 Å². The van der Waals surface area contributed by atoms with Crippen molar-refractivity contribution in [2.45, 2.75) is 32.2 Å². The number of hydrogen-bond acceptors (Lipinski definition) is 3. The smallest absolute Gasteiger partial charge is 0.224 e. The molecule has 1 fully saturated rings. The largest absolute Gasteiger partial charge is 0.342 e. The maximum Gasteiger partial charge on any atom is 0.224 e. The molecular weight excluding hydrogens is 254 g/mol. The lowest BCUT2D eigenvalue weighted by Crippen LogP contribution is -2.29. The summed E-state index contributed by atoms with van der Waals surface area (Å²) in [6.07, 6.45) is 5.20. The SMILES string of the molecule is Cc1ccn(CCC(=O)N2CC[C@@H](c3ccn[nH]3)C2)n1. The fraction of sp³-hybridized carbons (Fsp3) is 0.500. The molecule has 2 aromatic rings. The van der Waals surface area contributed by atoms with Gasteiger partial charge in [-0.05, 0) is 25.5 Å². The minimum absolute atomic E-state index is 0.208. The molecule has 0 aromatic carbocycles. The lowest BCUT2D eigenvalue weighted by atomic mass is 10.1. The van der Waals surface area contributed by atoms with E-state index >= 15 is 0 Å². The summed E-state index contributed by atoms with van der Waals surface area (Å²) in [7, 11) is 0. The summed E-state index contributed by atoms with van der Waals surface area (Å²) >= 11 is 0. The summed E-state index contributed by atoms with van der Waals surface area (Å²) < 4.78 is 1.83. The minimum atomic E-state index is 0.208. The first kappa shape index (κ1) is 12.9. The highest BCUT2D eigenvalue weighted by Crippen LogP contribution is 2.25. The molecule has 2 aromatic heterocycles. The van der Waals surface area contributed by atoms with Crippen LogP contribution in [0, 0.1) is 6.92 Å². The van der Waals surface area contributed by atoms with E-state index in [0.29, 0.717) is 18.9 Å². The Balaban J connectivity index is 1.51. The van der Waals surface area contributed by atoms with E-state index in [-0.39, 0.29) is 5.91 Å². The lowest BCUT2D eigenvalue weighted by molar-refractivity contribution is -0.130. The van der Waals surface area contributed by atoms with Crippen molar-refractivity contribution in [1.82, 2.24) is 24.9 Å². The summed E-state index contributed by atoms with van der Waals surface area (Å²) in [6, 6.07) is 3.94. The number of carbonyl (C=O) groups excluding carboxylic acids is 1. The highest BCUT2D eigenvalue weighted by atomic mass is 16.2. The summed E-state index contributed by atoms with van der Waals surface area (Å²) in [4.78, 5) is 14.1. The molecule has 1 amide bonds. The highest BCUT2D eigenvalue weighted by molar-refractivity contribution is 5.76. The number of H-pyrrole nitrogens is 1. The van der Waals surface area contributed by atoms with Crippen LogP contribution in [0.2, 0.25) is 0 Å². The molecule has 1 N–H and O–H groups in total. The van der Waals surface area contributed by atoms with Gasteiger partial charge >= 0.3 is 0 Å². The van der Waals surface area contributed by atoms with Crippen LogP contribution in [0.4, 0.5) is 0 Å². The van der Waals surface area contributed by atoms with Crippen molar-refractivity contribution in [2.24, 2.45) is 0 Å². The van der Waals surface area contributed by atoms with Gasteiger partial charge in [0.25, 0.3) is 0 Å². The number of nitrogens with one attached hydrogen (secondary N) is 1. The molecule has 0 bridgehead atoms. The molecule has 1 aliphatic rings. The molecule has 3 rings (SSSR count). The first-order valence-corrected chi connectivity index (χ1v) is 6.99. The second-order valence-corrected chi connectivity index (χ2v) is 5.31. The van der Waals surface area contributed by atoms with Crippen LogP contribution in [-0.2, 0) is 11.3 Å². The summed E-state index contributed by atoms with van der Waals surface area (Å²) in [5.74, 6) is 0.605. The number of carbonyl (C=O) groups is 1. The van der Waals surface area contributed by atoms with Crippen molar-refractivity contribution >= 4 is 5.91 Å². The molecule has 6 heteroatoms. The van der Waals surface area contributed by atoms with Crippen molar-refractivity contribution in [3.63, 3.8) is 0 Å². The minimum Gasteiger partial charge on any atom is -0.342 e. The Morgan fingerprint density at radius 1 is 1.50 bits per heavy atom. The Kier molecular flexibility index (Phi) is 3.54. The maximum absolute atomic E-state index is 12.2. The number of hydrogen-bond donors (Lipinski definition) is 1. The Labute approximate surface area is 117 Å². The van der Waals surface area contributed by atoms with E-state index in [1.54, 1.807) is 6.20 Å². The van der Waals surface area contributed by atoms with Crippen molar-refractivity contribution in [3.8, 4) is 0 Å². The Hall–Kier alpha value is -2.11. The predicted octanol–water partition coefficient (Wildman–Crippen LogP) is 1.32. The van der Waals surface area contributed by atoms with Gasteiger partial charge in [-0.3, -0.25) is 14.6 Å². The normalized spacial score (nSPS) is 18.6. The molecule has 0 aliphatic carbocycles. The van der Waals surface area contributed by atoms with E-state index in [1.807, 2.05) is 34.8 Å². The molecule has 0 radical (unpaired) electrons. The molecule has 106 valence electrons. The van der Waals surface area contributed by atoms with Crippen LogP contribution in [0.25, 0.3) is 0 Å². The number of amides is 1. The fourth-order valence-corrected chi connectivity index (χ4v) is 2.69. The molecule has 0 unspecified atom stereocenters. The van der Waals surface area contributed by atoms with Gasteiger partial charge in [-0.25, -0.2) is 0 Å². The highest BCUT2D eigenvalue weighted by Gasteiger charge is 2.27. The lowest BCUT2D eigenvalue weighted by Gasteiger charge is -2.16. The molecule has 1 atom stereocenters. The summed E-state index contributed by atoms with van der Waals surface area (Å²) in [6.45, 7) is 4.23. The van der Waals surface area contributed by atoms with Crippen LogP contribution in [0.15, 0.2) is 24.5 Å². The number of aryl methyl sites for hydroxylation is 2. The monoisotopic (exact) mass is 273 g/mol. The van der Waals surface area contributed by atoms with Gasteiger partial charge in [0.2, 0.25) is 5.91 Å². The van der Waals surface area contributed by atoms with Crippen molar-refractivity contribution in [3.05, 3.63) is 35.9 Å². The Morgan fingerprint density at radius 3 is 3.10 bits per heavy atom. The first-order valence-electron chi connectivity index (χ1n) is 6.99. The van der Waals surface area contributed by atoms with Gasteiger partial charge in [0, 0.05) is 50.1 Å². The van der Waals surface area contributed by atoms with Crippen molar-refractivity contribution in [2.75, 3.05) is 13.1 Å². The van der Waals surface area contributed by atoms with Gasteiger partial charge in [-0.2, -0.15) is 10.2 Å². The average molecular weight is 273 g/mol. The Bertz CT molecular complexity index is 574. The Morgan fingerprint density at radius 2 is 2.40 bits per heavy atom. The predicted molar refractivity (Wildman–Crippen MR) is 74.1 cm³/mol. The summed E-state index contributed by atoms with van der Waals surface area (Å²) in [5.41, 5.74) is 2.11. The van der Waals surface area contributed by atoms with Crippen LogP contribution >= 0.6 is 0 Å². The van der Waals surface area contributed by atoms with E-state index < -0.39 is 0 Å². The zero-order chi connectivity index (χ0) is 13.9. The van der Waals surface area contributed by atoms with Crippen LogP contribution in [-0.4, -0.2) is 43.9 Å². The molecule has 3 heterocycles. The second-order valence-electron chi connectivity index (χ2n) is 5.31. The number of rotatable bonds is 4. The standard InChI is InChI=1S/C14H19N5O/c1-11-3-8-19(17-11)9-5-14(20)18-7-4-12(10-18)13-2-6-15-16-13/h2-3,6,8,12H,4-5,7,9-10H2,1H3,(H,15,16)/t12-/m1/s1. The number of aromatic amines is 1. The van der Waals surface area contributed by atoms with Gasteiger partial charge in [0.05, 0.1) is 5.69 Å². The van der Waals surface area contributed by atoms with Gasteiger partial charge in [-0.1, -0.05) is 0 Å². The van der Waals surface area contributed by atoms with Gasteiger partial charge in [0.15, 0.2) is 0 Å². The molecule has 0 saturated carbocycles. The molecule has 1 saturated heterocycles. The molecule has 1 aliphatic heterocycles. The first-order chi connectivity index (χ1) is 9.72. The van der Waals surface area contributed by atoms with Crippen LogP contribution in [0.5, 0.6) is 0 Å². The number of aromatic nitrogens is 4. The number of nitrogens with zero attached hydrogens (tertiary/aromatic N) is 4. The molecule has 0 spiro atoms. The summed E-state index contributed by atoms with van der Waals surface area (Å²) in [5, 5.41) is 11.3. The van der Waals surface area contributed by atoms with E-state index in [2.05, 4.69) is 15.3 Å². The fourth-order valence-electron chi connectivity index (χ4n) is 2.69. The third kappa shape index (κ3) is 2.74. The van der Waals surface area contributed by atoms with E-state index in [0.717, 1.165) is 30.9 Å². The van der Waals surface area contributed by atoms with Crippen LogP contribution < -0.4 is 0 Å². The molecular formula is C14H19N5O. The number of likely N-dealkylation sites (tertiary alicyclic amines) is 1. The van der Waals surface area contributed by atoms with Gasteiger partial charge < -0.3 is 4.90 Å². The topological polar surface area (TPSA) is 66.8 Å². The third-order valence-corrected chi connectivity index (χ3v) is 3.83.